The van der Waals surface area contributed by atoms with Crippen molar-refractivity contribution in [3.05, 3.63) is 81.8 Å². The number of hydrogen-bond donors (Lipinski definition) is 6. The van der Waals surface area contributed by atoms with E-state index in [2.05, 4.69) is 10.3 Å². The lowest BCUT2D eigenvalue weighted by atomic mass is 9.86. The van der Waals surface area contributed by atoms with Gasteiger partial charge in [-0.25, -0.2) is 9.78 Å². The second kappa shape index (κ2) is 12.2. The molecule has 0 spiro atoms. The molecule has 15 nitrogen and oxygen atoms in total. The van der Waals surface area contributed by atoms with E-state index < -0.39 is 67.3 Å². The molecule has 6 N–H and O–H groups in total. The van der Waals surface area contributed by atoms with Gasteiger partial charge in [0.25, 0.3) is 0 Å². The number of carbonyl (C=O) groups is 1. The molecule has 0 aliphatic carbocycles. The summed E-state index contributed by atoms with van der Waals surface area (Å²) in [7, 11) is 0. The Hall–Kier alpha value is -4.35. The summed E-state index contributed by atoms with van der Waals surface area (Å²) in [5.41, 5.74) is 0.185. The molecule has 5 aliphatic heterocycles. The zero-order valence-electron chi connectivity index (χ0n) is 27.1. The molecule has 0 saturated heterocycles. The normalized spacial score (nSPS) is 24.8. The molecule has 7 rings (SSSR count). The van der Waals surface area contributed by atoms with Gasteiger partial charge in [-0.1, -0.05) is 0 Å². The Bertz CT molecular complexity index is 1910. The van der Waals surface area contributed by atoms with Crippen molar-refractivity contribution >= 4 is 28.3 Å². The molecule has 6 unspecified atom stereocenters. The summed E-state index contributed by atoms with van der Waals surface area (Å²) in [6, 6.07) is 2.55. The third-order valence-corrected chi connectivity index (χ3v) is 9.63. The van der Waals surface area contributed by atoms with Crippen LogP contribution in [0.5, 0.6) is 5.75 Å². The minimum Gasteiger partial charge on any atom is -0.482 e. The van der Waals surface area contributed by atoms with Crippen LogP contribution in [-0.2, 0) is 21.0 Å². The van der Waals surface area contributed by atoms with E-state index in [0.29, 0.717) is 46.0 Å². The smallest absolute Gasteiger partial charge is 0.249 e. The van der Waals surface area contributed by atoms with Gasteiger partial charge in [-0.15, -0.1) is 0 Å². The Morgan fingerprint density at radius 2 is 2.02 bits per heavy atom. The highest BCUT2D eigenvalue weighted by atomic mass is 17.2. The zero-order chi connectivity index (χ0) is 34.8. The van der Waals surface area contributed by atoms with E-state index >= 15 is 0 Å². The van der Waals surface area contributed by atoms with Crippen LogP contribution in [0.1, 0.15) is 25.2 Å². The molecule has 5 aliphatic rings. The van der Waals surface area contributed by atoms with Gasteiger partial charge >= 0.3 is 0 Å². The lowest BCUT2D eigenvalue weighted by Gasteiger charge is -2.42. The SMILES string of the molecule is Cc1cc(=O)c2cc3c(c(N4C=C5C=CN=C5C4)c2o1)OC(C)(C)C(OOCC(O)C(O)(CN1C(=O)C=C2NC=CC21)C(O)C(O)CO)C3. The third-order valence-electron chi connectivity index (χ3n) is 9.63. The largest absolute Gasteiger partial charge is 0.482 e. The van der Waals surface area contributed by atoms with Crippen LogP contribution in [0.4, 0.5) is 5.69 Å². The first kappa shape index (κ1) is 33.2. The minimum atomic E-state index is -2.55. The number of nitrogens with one attached hydrogen (secondary N) is 1. The number of allylic oxidation sites excluding steroid dienone is 1. The second-order valence-electron chi connectivity index (χ2n) is 13.4. The Morgan fingerprint density at radius 1 is 1.22 bits per heavy atom. The summed E-state index contributed by atoms with van der Waals surface area (Å²) >= 11 is 0. The maximum atomic E-state index is 13.2. The van der Waals surface area contributed by atoms with Crippen LogP contribution in [0.3, 0.4) is 0 Å². The van der Waals surface area contributed by atoms with Gasteiger partial charge in [-0.2, -0.15) is 0 Å². The van der Waals surface area contributed by atoms with E-state index in [1.165, 1.54) is 17.0 Å². The number of hydrogen-bond acceptors (Lipinski definition) is 14. The van der Waals surface area contributed by atoms with E-state index in [4.69, 9.17) is 18.9 Å². The lowest BCUT2D eigenvalue weighted by molar-refractivity contribution is -0.363. The van der Waals surface area contributed by atoms with Gasteiger partial charge in [0.05, 0.1) is 36.8 Å². The molecule has 1 aromatic carbocycles. The monoisotopic (exact) mass is 678 g/mol. The first-order valence-electron chi connectivity index (χ1n) is 15.9. The van der Waals surface area contributed by atoms with Crippen molar-refractivity contribution in [2.75, 3.05) is 31.2 Å². The van der Waals surface area contributed by atoms with Crippen molar-refractivity contribution in [1.82, 2.24) is 10.2 Å². The number of rotatable bonds is 11. The van der Waals surface area contributed by atoms with E-state index in [-0.39, 0.29) is 11.8 Å². The highest BCUT2D eigenvalue weighted by molar-refractivity contribution is 6.12. The van der Waals surface area contributed by atoms with Crippen LogP contribution in [0.2, 0.25) is 0 Å². The Labute approximate surface area is 280 Å². The van der Waals surface area contributed by atoms with Crippen molar-refractivity contribution in [3.63, 3.8) is 0 Å². The van der Waals surface area contributed by atoms with Crippen LogP contribution in [0, 0.1) is 6.92 Å². The predicted molar refractivity (Wildman–Crippen MR) is 174 cm³/mol. The average molecular weight is 679 g/mol. The van der Waals surface area contributed by atoms with Crippen molar-refractivity contribution in [2.45, 2.75) is 68.9 Å². The number of aliphatic hydroxyl groups is 5. The lowest BCUT2D eigenvalue weighted by Crippen LogP contribution is -2.65. The third kappa shape index (κ3) is 5.66. The second-order valence-corrected chi connectivity index (χ2v) is 13.4. The summed E-state index contributed by atoms with van der Waals surface area (Å²) in [4.78, 5) is 44.7. The molecule has 260 valence electrons. The molecular weight excluding hydrogens is 640 g/mol. The first-order valence-corrected chi connectivity index (χ1v) is 15.9. The standard InChI is InChI=1S/C34H38N4O11/c1-17-8-24(40)20-9-19-10-27(33(2,3)48-30(19)29(31(20)47-17)37-12-18-4-6-36-22(18)13-37)49-46-15-26(42)34(45,32(44)25(41)14-39)16-38-23-5-7-35-21(23)11-28(38)43/h4-9,11-12,23,25-27,32,35,39,41-42,44-45H,10,13-16H2,1-3H3. The van der Waals surface area contributed by atoms with Crippen LogP contribution >= 0.6 is 0 Å². The van der Waals surface area contributed by atoms with Crippen molar-refractivity contribution in [2.24, 2.45) is 4.99 Å². The van der Waals surface area contributed by atoms with Crippen molar-refractivity contribution < 1.29 is 49.3 Å². The number of benzene rings is 1. The molecule has 1 aromatic heterocycles. The first-order chi connectivity index (χ1) is 23.3. The van der Waals surface area contributed by atoms with E-state index in [1.807, 2.05) is 17.2 Å². The number of β-amino-alcohol motifs (C(OH)–C–C–N with tert-alkyl or cyclic N) is 1. The van der Waals surface area contributed by atoms with Crippen LogP contribution in [-0.4, -0.2) is 110 Å². The van der Waals surface area contributed by atoms with E-state index in [9.17, 15) is 35.1 Å². The maximum absolute atomic E-state index is 13.2. The van der Waals surface area contributed by atoms with Gasteiger partial charge < -0.3 is 49.8 Å². The zero-order valence-corrected chi connectivity index (χ0v) is 27.1. The number of carbonyl (C=O) groups excluding carboxylic acids is 1. The number of aliphatic imine (C=N–C) groups is 1. The molecule has 0 bridgehead atoms. The van der Waals surface area contributed by atoms with Crippen molar-refractivity contribution in [1.29, 1.82) is 0 Å². The Balaban J connectivity index is 1.13. The van der Waals surface area contributed by atoms with Gasteiger partial charge in [0, 0.05) is 47.8 Å². The molecule has 1 amide bonds. The number of ether oxygens (including phenoxy) is 1. The van der Waals surface area contributed by atoms with Gasteiger partial charge in [-0.3, -0.25) is 14.6 Å². The summed E-state index contributed by atoms with van der Waals surface area (Å²) < 4.78 is 12.7. The molecule has 0 fully saturated rings. The van der Waals surface area contributed by atoms with Crippen LogP contribution in [0.25, 0.3) is 11.0 Å². The van der Waals surface area contributed by atoms with E-state index in [1.54, 1.807) is 45.3 Å². The highest BCUT2D eigenvalue weighted by Gasteiger charge is 2.51. The Kier molecular flexibility index (Phi) is 8.26. The van der Waals surface area contributed by atoms with Gasteiger partial charge in [0.15, 0.2) is 16.8 Å². The molecule has 6 heterocycles. The summed E-state index contributed by atoms with van der Waals surface area (Å²) in [6.45, 7) is 3.50. The summed E-state index contributed by atoms with van der Waals surface area (Å²) in [6.07, 6.45) is 3.78. The number of fused-ring (bicyclic) bond motifs is 4. The van der Waals surface area contributed by atoms with Crippen LogP contribution < -0.4 is 20.4 Å². The summed E-state index contributed by atoms with van der Waals surface area (Å²) in [5, 5.41) is 56.7. The van der Waals surface area contributed by atoms with E-state index in [0.717, 1.165) is 11.3 Å². The molecular formula is C34H38N4O11. The molecule has 6 atom stereocenters. The maximum Gasteiger partial charge on any atom is 0.249 e. The molecule has 0 radical (unpaired) electrons. The minimum absolute atomic E-state index is 0.216. The number of amides is 1. The molecule has 49 heavy (non-hydrogen) atoms. The number of aryl methyl sites for hydroxylation is 1. The quantitative estimate of drug-likeness (QED) is 0.135. The number of anilines is 1. The Morgan fingerprint density at radius 3 is 2.78 bits per heavy atom. The molecule has 0 saturated carbocycles. The van der Waals surface area contributed by atoms with Gasteiger partial charge in [0.1, 0.15) is 53.7 Å². The molecule has 15 heteroatoms. The topological polar surface area (TPSA) is 207 Å². The average Bonchev–Trinajstić information content (AvgIpc) is 3.83. The van der Waals surface area contributed by atoms with Gasteiger partial charge in [0.2, 0.25) is 5.91 Å². The highest BCUT2D eigenvalue weighted by Crippen LogP contribution is 2.47. The number of aliphatic hydroxyl groups excluding tert-OH is 4. The molecule has 2 aromatic rings. The number of nitrogens with zero attached hydrogens (tertiary/aromatic N) is 3. The fraction of sp³-hybridized carbons (Fsp3) is 0.441. The van der Waals surface area contributed by atoms with Crippen molar-refractivity contribution in [3.8, 4) is 5.75 Å². The van der Waals surface area contributed by atoms with Crippen LogP contribution in [0.15, 0.2) is 74.4 Å². The summed E-state index contributed by atoms with van der Waals surface area (Å²) in [5.74, 6) is 0.464. The fourth-order valence-corrected chi connectivity index (χ4v) is 6.81. The predicted octanol–water partition coefficient (Wildman–Crippen LogP) is -0.178. The van der Waals surface area contributed by atoms with Gasteiger partial charge in [-0.05, 0) is 45.2 Å². The fourth-order valence-electron chi connectivity index (χ4n) is 6.81.